The molecule has 2 heterocycles. The average molecular weight is 269 g/mol. The van der Waals surface area contributed by atoms with Gasteiger partial charge in [-0.25, -0.2) is 0 Å². The zero-order valence-corrected chi connectivity index (χ0v) is 11.2. The number of hydrogen-bond donors (Lipinski definition) is 1. The zero-order chi connectivity index (χ0) is 14.1. The predicted molar refractivity (Wildman–Crippen MR) is 74.6 cm³/mol. The number of rotatable bonds is 2. The second kappa shape index (κ2) is 4.94. The van der Waals surface area contributed by atoms with Crippen LogP contribution < -0.4 is 5.32 Å². The number of nitrogens with one attached hydrogen (secondary N) is 1. The number of carbonyl (C=O) groups is 1. The molecule has 2 aromatic rings. The van der Waals surface area contributed by atoms with Gasteiger partial charge in [-0.1, -0.05) is 36.9 Å². The predicted octanol–water partition coefficient (Wildman–Crippen LogP) is 1.79. The summed E-state index contributed by atoms with van der Waals surface area (Å²) >= 11 is 0. The van der Waals surface area contributed by atoms with Crippen LogP contribution in [0.2, 0.25) is 0 Å². The number of aromatic nitrogens is 2. The third kappa shape index (κ3) is 2.23. The fourth-order valence-corrected chi connectivity index (χ4v) is 2.25. The Morgan fingerprint density at radius 1 is 1.40 bits per heavy atom. The molecule has 0 bridgehead atoms. The maximum absolute atomic E-state index is 11.9. The lowest BCUT2D eigenvalue weighted by Gasteiger charge is -2.22. The molecule has 1 fully saturated rings. The molecule has 1 aromatic carbocycles. The first kappa shape index (κ1) is 12.6. The summed E-state index contributed by atoms with van der Waals surface area (Å²) in [7, 11) is 1.85. The summed E-state index contributed by atoms with van der Waals surface area (Å²) in [5, 5.41) is 7.08. The third-order valence-corrected chi connectivity index (χ3v) is 3.20. The first-order chi connectivity index (χ1) is 9.65. The van der Waals surface area contributed by atoms with Crippen molar-refractivity contribution < 1.29 is 9.53 Å². The van der Waals surface area contributed by atoms with Gasteiger partial charge in [-0.2, -0.15) is 5.10 Å². The highest BCUT2D eigenvalue weighted by molar-refractivity contribution is 5.84. The van der Waals surface area contributed by atoms with E-state index in [2.05, 4.69) is 17.0 Å². The smallest absolute Gasteiger partial charge is 0.259 e. The van der Waals surface area contributed by atoms with Gasteiger partial charge < -0.3 is 10.1 Å². The quantitative estimate of drug-likeness (QED) is 0.904. The van der Waals surface area contributed by atoms with Crippen LogP contribution in [-0.4, -0.2) is 22.3 Å². The molecule has 0 saturated carbocycles. The zero-order valence-electron chi connectivity index (χ0n) is 11.2. The van der Waals surface area contributed by atoms with Gasteiger partial charge in [0.2, 0.25) is 0 Å². The molecular formula is C15H15N3O2. The highest BCUT2D eigenvalue weighted by Gasteiger charge is 2.29. The fourth-order valence-electron chi connectivity index (χ4n) is 2.25. The van der Waals surface area contributed by atoms with Gasteiger partial charge in [0.25, 0.3) is 5.91 Å². The Morgan fingerprint density at radius 3 is 2.85 bits per heavy atom. The largest absolute Gasteiger partial charge is 0.356 e. The minimum atomic E-state index is -0.677. The van der Waals surface area contributed by atoms with Crippen molar-refractivity contribution in [3.63, 3.8) is 0 Å². The van der Waals surface area contributed by atoms with E-state index in [1.165, 1.54) is 0 Å². The molecule has 5 heteroatoms. The van der Waals surface area contributed by atoms with Crippen LogP contribution in [0.5, 0.6) is 0 Å². The molecule has 1 amide bonds. The van der Waals surface area contributed by atoms with Gasteiger partial charge in [0.15, 0.2) is 6.10 Å². The van der Waals surface area contributed by atoms with Crippen LogP contribution >= 0.6 is 0 Å². The highest BCUT2D eigenvalue weighted by Crippen LogP contribution is 2.26. The second-order valence-corrected chi connectivity index (χ2v) is 4.73. The Kier molecular flexibility index (Phi) is 3.12. The van der Waals surface area contributed by atoms with Crippen LogP contribution in [0.15, 0.2) is 48.7 Å². The minimum Gasteiger partial charge on any atom is -0.356 e. The van der Waals surface area contributed by atoms with Gasteiger partial charge in [-0.05, 0) is 11.6 Å². The number of aryl methyl sites for hydroxylation is 1. The number of carbonyl (C=O) groups excluding carboxylic acids is 1. The molecule has 1 unspecified atom stereocenters. The Hall–Kier alpha value is -2.40. The number of morpholine rings is 1. The van der Waals surface area contributed by atoms with Crippen LogP contribution in [0.3, 0.4) is 0 Å². The summed E-state index contributed by atoms with van der Waals surface area (Å²) < 4.78 is 7.26. The number of amides is 1. The summed E-state index contributed by atoms with van der Waals surface area (Å²) in [4.78, 5) is 11.9. The number of hydrogen-bond acceptors (Lipinski definition) is 3. The monoisotopic (exact) mass is 269 g/mol. The summed E-state index contributed by atoms with van der Waals surface area (Å²) in [6.45, 7) is 3.99. The first-order valence-corrected chi connectivity index (χ1v) is 6.35. The van der Waals surface area contributed by atoms with Crippen LogP contribution in [0.1, 0.15) is 11.8 Å². The molecule has 5 nitrogen and oxygen atoms in total. The van der Waals surface area contributed by atoms with Gasteiger partial charge >= 0.3 is 0 Å². The summed E-state index contributed by atoms with van der Waals surface area (Å²) in [5.74, 6) is -0.223. The van der Waals surface area contributed by atoms with E-state index in [4.69, 9.17) is 4.74 Å². The van der Waals surface area contributed by atoms with Gasteiger partial charge in [0.1, 0.15) is 5.69 Å². The van der Waals surface area contributed by atoms with E-state index < -0.39 is 6.10 Å². The normalized spacial score (nSPS) is 18.9. The SMILES string of the molecule is C=C1COC(c2cc(-c3ccccc3)n(C)n2)C(=O)N1. The molecule has 1 saturated heterocycles. The van der Waals surface area contributed by atoms with Crippen molar-refractivity contribution in [1.82, 2.24) is 15.1 Å². The Bertz CT molecular complexity index is 661. The highest BCUT2D eigenvalue weighted by atomic mass is 16.5. The molecule has 3 rings (SSSR count). The first-order valence-electron chi connectivity index (χ1n) is 6.35. The van der Waals surface area contributed by atoms with Crippen LogP contribution in [0.25, 0.3) is 11.3 Å². The van der Waals surface area contributed by atoms with Crippen molar-refractivity contribution >= 4 is 5.91 Å². The van der Waals surface area contributed by atoms with E-state index >= 15 is 0 Å². The topological polar surface area (TPSA) is 56.2 Å². The molecular weight excluding hydrogens is 254 g/mol. The Morgan fingerprint density at radius 2 is 2.15 bits per heavy atom. The van der Waals surface area contributed by atoms with Crippen molar-refractivity contribution in [2.24, 2.45) is 7.05 Å². The molecule has 0 spiro atoms. The molecule has 0 aliphatic carbocycles. The molecule has 1 aliphatic heterocycles. The lowest BCUT2D eigenvalue weighted by Crippen LogP contribution is -2.37. The molecule has 1 aromatic heterocycles. The number of nitrogens with zero attached hydrogens (tertiary/aromatic N) is 2. The van der Waals surface area contributed by atoms with Crippen LogP contribution in [-0.2, 0) is 16.6 Å². The van der Waals surface area contributed by atoms with E-state index in [9.17, 15) is 4.79 Å². The minimum absolute atomic E-state index is 0.223. The Labute approximate surface area is 116 Å². The summed E-state index contributed by atoms with van der Waals surface area (Å²) in [6.07, 6.45) is -0.677. The van der Waals surface area contributed by atoms with E-state index in [1.807, 2.05) is 43.4 Å². The molecule has 1 N–H and O–H groups in total. The second-order valence-electron chi connectivity index (χ2n) is 4.73. The van der Waals surface area contributed by atoms with E-state index in [0.29, 0.717) is 18.0 Å². The maximum Gasteiger partial charge on any atom is 0.259 e. The standard InChI is InChI=1S/C15H15N3O2/c1-10-9-20-14(15(19)16-10)12-8-13(18(2)17-12)11-6-4-3-5-7-11/h3-8,14H,1,9H2,2H3,(H,16,19). The summed E-state index contributed by atoms with van der Waals surface area (Å²) in [5.41, 5.74) is 3.18. The van der Waals surface area contributed by atoms with Gasteiger partial charge in [-0.15, -0.1) is 0 Å². The van der Waals surface area contributed by atoms with Gasteiger partial charge in [0.05, 0.1) is 12.3 Å². The van der Waals surface area contributed by atoms with Gasteiger partial charge in [0, 0.05) is 12.7 Å². The molecule has 0 radical (unpaired) electrons. The Balaban J connectivity index is 1.93. The third-order valence-electron chi connectivity index (χ3n) is 3.20. The lowest BCUT2D eigenvalue weighted by molar-refractivity contribution is -0.135. The lowest BCUT2D eigenvalue weighted by atomic mass is 10.1. The molecule has 102 valence electrons. The molecule has 1 atom stereocenters. The number of benzene rings is 1. The van der Waals surface area contributed by atoms with Crippen molar-refractivity contribution in [3.8, 4) is 11.3 Å². The van der Waals surface area contributed by atoms with Crippen LogP contribution in [0, 0.1) is 0 Å². The van der Waals surface area contributed by atoms with E-state index in [-0.39, 0.29) is 5.91 Å². The molecule has 1 aliphatic rings. The van der Waals surface area contributed by atoms with Crippen molar-refractivity contribution in [3.05, 3.63) is 54.4 Å². The fraction of sp³-hybridized carbons (Fsp3) is 0.200. The number of ether oxygens (including phenoxy) is 1. The van der Waals surface area contributed by atoms with E-state index in [1.54, 1.807) is 4.68 Å². The molecule has 20 heavy (non-hydrogen) atoms. The van der Waals surface area contributed by atoms with Crippen molar-refractivity contribution in [2.45, 2.75) is 6.10 Å². The average Bonchev–Trinajstić information content (AvgIpc) is 2.81. The van der Waals surface area contributed by atoms with Gasteiger partial charge in [-0.3, -0.25) is 9.48 Å². The summed E-state index contributed by atoms with van der Waals surface area (Å²) in [6, 6.07) is 11.8. The van der Waals surface area contributed by atoms with E-state index in [0.717, 1.165) is 11.3 Å². The maximum atomic E-state index is 11.9. The van der Waals surface area contributed by atoms with Crippen LogP contribution in [0.4, 0.5) is 0 Å². The van der Waals surface area contributed by atoms with Crippen molar-refractivity contribution in [1.29, 1.82) is 0 Å². The van der Waals surface area contributed by atoms with Crippen molar-refractivity contribution in [2.75, 3.05) is 6.61 Å².